The summed E-state index contributed by atoms with van der Waals surface area (Å²) in [4.78, 5) is 39.4. The number of nitro benzene ring substituents is 1. The van der Waals surface area contributed by atoms with E-state index < -0.39 is 39.3 Å². The molecule has 0 unspecified atom stereocenters. The molecule has 42 heavy (non-hydrogen) atoms. The van der Waals surface area contributed by atoms with E-state index in [9.17, 15) is 28.1 Å². The van der Waals surface area contributed by atoms with E-state index in [1.807, 2.05) is 60.7 Å². The van der Waals surface area contributed by atoms with Crippen LogP contribution in [0.5, 0.6) is 0 Å². The maximum atomic E-state index is 14.2. The minimum absolute atomic E-state index is 0.0457. The first kappa shape index (κ1) is 29.9. The number of nitrogens with one attached hydrogen (secondary N) is 1. The van der Waals surface area contributed by atoms with Crippen molar-refractivity contribution in [2.75, 3.05) is 17.9 Å². The Balaban J connectivity index is 1.77. The highest BCUT2D eigenvalue weighted by Crippen LogP contribution is 2.27. The molecule has 0 aliphatic carbocycles. The minimum Gasteiger partial charge on any atom is -0.357 e. The summed E-state index contributed by atoms with van der Waals surface area (Å²) in [6.45, 7) is -0.603. The van der Waals surface area contributed by atoms with Crippen molar-refractivity contribution in [1.82, 2.24) is 10.2 Å². The maximum absolute atomic E-state index is 14.2. The van der Waals surface area contributed by atoms with Crippen LogP contribution in [0.25, 0.3) is 0 Å². The number of rotatable bonds is 12. The summed E-state index contributed by atoms with van der Waals surface area (Å²) in [5, 5.41) is 13.9. The average Bonchev–Trinajstić information content (AvgIpc) is 3.02. The highest BCUT2D eigenvalue weighted by Gasteiger charge is 2.34. The summed E-state index contributed by atoms with van der Waals surface area (Å²) in [7, 11) is -2.80. The summed E-state index contributed by atoms with van der Waals surface area (Å²) in [5.74, 6) is -1.03. The maximum Gasteiger partial charge on any atom is 0.269 e. The third-order valence-electron chi connectivity index (χ3n) is 6.67. The third kappa shape index (κ3) is 7.18. The first-order valence-electron chi connectivity index (χ1n) is 13.1. The van der Waals surface area contributed by atoms with E-state index in [2.05, 4.69) is 5.32 Å². The van der Waals surface area contributed by atoms with Gasteiger partial charge in [0.25, 0.3) is 15.7 Å². The first-order chi connectivity index (χ1) is 20.2. The summed E-state index contributed by atoms with van der Waals surface area (Å²) in [6, 6.07) is 29.9. The molecule has 1 atom stereocenters. The molecule has 11 heteroatoms. The fraction of sp³-hybridized carbons (Fsp3) is 0.161. The van der Waals surface area contributed by atoms with Crippen LogP contribution in [0.15, 0.2) is 120 Å². The lowest BCUT2D eigenvalue weighted by molar-refractivity contribution is -0.384. The Hall–Kier alpha value is -5.03. The molecular formula is C31H30N4O6S. The van der Waals surface area contributed by atoms with E-state index in [0.717, 1.165) is 15.4 Å². The van der Waals surface area contributed by atoms with Crippen molar-refractivity contribution in [3.05, 3.63) is 137 Å². The molecule has 0 saturated heterocycles. The Morgan fingerprint density at radius 2 is 1.33 bits per heavy atom. The number of nitrogens with zero attached hydrogens (tertiary/aromatic N) is 3. The van der Waals surface area contributed by atoms with Gasteiger partial charge in [0.15, 0.2) is 0 Å². The topological polar surface area (TPSA) is 130 Å². The second-order valence-corrected chi connectivity index (χ2v) is 11.3. The molecule has 0 aromatic heterocycles. The van der Waals surface area contributed by atoms with Crippen molar-refractivity contribution in [1.29, 1.82) is 0 Å². The number of amides is 2. The van der Waals surface area contributed by atoms with Crippen molar-refractivity contribution in [3.63, 3.8) is 0 Å². The molecule has 0 bridgehead atoms. The molecular weight excluding hydrogens is 556 g/mol. The fourth-order valence-corrected chi connectivity index (χ4v) is 5.92. The van der Waals surface area contributed by atoms with E-state index >= 15 is 0 Å². The molecule has 0 heterocycles. The molecule has 0 aliphatic heterocycles. The second-order valence-electron chi connectivity index (χ2n) is 9.43. The SMILES string of the molecule is CNC(=O)[C@H](Cc1ccccc1)N(Cc1ccccc1)C(=O)CN(c1ccc([N+](=O)[O-])cc1)S(=O)(=O)c1ccccc1. The second kappa shape index (κ2) is 13.6. The highest BCUT2D eigenvalue weighted by molar-refractivity contribution is 7.92. The number of carbonyl (C=O) groups excluding carboxylic acids is 2. The number of hydrogen-bond donors (Lipinski definition) is 1. The largest absolute Gasteiger partial charge is 0.357 e. The van der Waals surface area contributed by atoms with Crippen molar-refractivity contribution in [3.8, 4) is 0 Å². The van der Waals surface area contributed by atoms with Gasteiger partial charge in [-0.1, -0.05) is 78.9 Å². The van der Waals surface area contributed by atoms with Crippen LogP contribution < -0.4 is 9.62 Å². The standard InChI is InChI=1S/C31H30N4O6S/c1-32-31(37)29(21-24-11-5-2-6-12-24)33(22-25-13-7-3-8-14-25)30(36)23-34(26-17-19-27(20-18-26)35(38)39)42(40,41)28-15-9-4-10-16-28/h2-20,29H,21-23H2,1H3,(H,32,37)/t29-/m0/s1. The van der Waals surface area contributed by atoms with Gasteiger partial charge in [-0.25, -0.2) is 8.42 Å². The van der Waals surface area contributed by atoms with E-state index in [1.165, 1.54) is 48.3 Å². The number of benzene rings is 4. The van der Waals surface area contributed by atoms with E-state index in [0.29, 0.717) is 0 Å². The molecule has 0 saturated carbocycles. The molecule has 1 N–H and O–H groups in total. The van der Waals surface area contributed by atoms with Gasteiger partial charge in [-0.3, -0.25) is 24.0 Å². The normalized spacial score (nSPS) is 11.7. The van der Waals surface area contributed by atoms with E-state index in [4.69, 9.17) is 0 Å². The van der Waals surface area contributed by atoms with Crippen LogP contribution in [0, 0.1) is 10.1 Å². The van der Waals surface area contributed by atoms with Crippen molar-refractivity contribution >= 4 is 33.2 Å². The monoisotopic (exact) mass is 586 g/mol. The number of anilines is 1. The molecule has 0 radical (unpaired) electrons. The van der Waals surface area contributed by atoms with Crippen LogP contribution in [-0.2, 0) is 32.6 Å². The van der Waals surface area contributed by atoms with Crippen molar-refractivity contribution in [2.45, 2.75) is 23.9 Å². The molecule has 0 spiro atoms. The zero-order valence-electron chi connectivity index (χ0n) is 22.9. The fourth-order valence-electron chi connectivity index (χ4n) is 4.49. The van der Waals surface area contributed by atoms with Gasteiger partial charge < -0.3 is 10.2 Å². The lowest BCUT2D eigenvalue weighted by Crippen LogP contribution is -2.53. The van der Waals surface area contributed by atoms with Crippen LogP contribution in [-0.4, -0.2) is 49.7 Å². The van der Waals surface area contributed by atoms with Gasteiger partial charge in [0.05, 0.1) is 15.5 Å². The van der Waals surface area contributed by atoms with Gasteiger partial charge in [-0.2, -0.15) is 0 Å². The van der Waals surface area contributed by atoms with Gasteiger partial charge in [-0.05, 0) is 35.4 Å². The lowest BCUT2D eigenvalue weighted by Gasteiger charge is -2.33. The summed E-state index contributed by atoms with van der Waals surface area (Å²) >= 11 is 0. The van der Waals surface area contributed by atoms with Gasteiger partial charge in [0, 0.05) is 32.1 Å². The van der Waals surface area contributed by atoms with Crippen molar-refractivity contribution < 1.29 is 22.9 Å². The quantitative estimate of drug-likeness (QED) is 0.196. The van der Waals surface area contributed by atoms with E-state index in [-0.39, 0.29) is 29.2 Å². The number of non-ortho nitro benzene ring substituents is 1. The molecule has 216 valence electrons. The Kier molecular flexibility index (Phi) is 9.66. The first-order valence-corrected chi connectivity index (χ1v) is 14.6. The van der Waals surface area contributed by atoms with Gasteiger partial charge in [0.1, 0.15) is 12.6 Å². The Morgan fingerprint density at radius 1 is 0.810 bits per heavy atom. The lowest BCUT2D eigenvalue weighted by atomic mass is 10.0. The Morgan fingerprint density at radius 3 is 1.86 bits per heavy atom. The van der Waals surface area contributed by atoms with Gasteiger partial charge >= 0.3 is 0 Å². The summed E-state index contributed by atoms with van der Waals surface area (Å²) in [6.07, 6.45) is 0.196. The average molecular weight is 587 g/mol. The number of carbonyl (C=O) groups is 2. The number of hydrogen-bond acceptors (Lipinski definition) is 6. The highest BCUT2D eigenvalue weighted by atomic mass is 32.2. The Bertz CT molecular complexity index is 1620. The zero-order valence-corrected chi connectivity index (χ0v) is 23.7. The zero-order chi connectivity index (χ0) is 30.1. The molecule has 4 aromatic rings. The predicted molar refractivity (Wildman–Crippen MR) is 159 cm³/mol. The minimum atomic E-state index is -4.28. The van der Waals surface area contributed by atoms with Crippen LogP contribution in [0.1, 0.15) is 11.1 Å². The number of nitro groups is 1. The molecule has 0 aliphatic rings. The molecule has 0 fully saturated rings. The van der Waals surface area contributed by atoms with Crippen LogP contribution in [0.4, 0.5) is 11.4 Å². The van der Waals surface area contributed by atoms with Crippen LogP contribution in [0.3, 0.4) is 0 Å². The van der Waals surface area contributed by atoms with Crippen LogP contribution in [0.2, 0.25) is 0 Å². The molecule has 2 amide bonds. The number of likely N-dealkylation sites (N-methyl/N-ethyl adjacent to an activating group) is 1. The molecule has 4 aromatic carbocycles. The van der Waals surface area contributed by atoms with Crippen molar-refractivity contribution in [2.24, 2.45) is 0 Å². The third-order valence-corrected chi connectivity index (χ3v) is 8.46. The van der Waals surface area contributed by atoms with Gasteiger partial charge in [0.2, 0.25) is 11.8 Å². The molecule has 10 nitrogen and oxygen atoms in total. The molecule has 4 rings (SSSR count). The van der Waals surface area contributed by atoms with Crippen LogP contribution >= 0.6 is 0 Å². The summed E-state index contributed by atoms with van der Waals surface area (Å²) in [5.41, 5.74) is 1.41. The summed E-state index contributed by atoms with van der Waals surface area (Å²) < 4.78 is 28.6. The number of sulfonamides is 1. The smallest absolute Gasteiger partial charge is 0.269 e. The van der Waals surface area contributed by atoms with E-state index in [1.54, 1.807) is 18.2 Å². The van der Waals surface area contributed by atoms with Gasteiger partial charge in [-0.15, -0.1) is 0 Å². The predicted octanol–water partition coefficient (Wildman–Crippen LogP) is 4.18. The Labute approximate surface area is 244 Å².